The molecule has 0 saturated carbocycles. The highest BCUT2D eigenvalue weighted by atomic mass is 127. The van der Waals surface area contributed by atoms with E-state index in [9.17, 15) is 18.5 Å². The van der Waals surface area contributed by atoms with E-state index in [0.29, 0.717) is 0 Å². The second kappa shape index (κ2) is 4.40. The summed E-state index contributed by atoms with van der Waals surface area (Å²) in [7, 11) is 1.01. The molecule has 0 aliphatic rings. The van der Waals surface area contributed by atoms with E-state index in [4.69, 9.17) is 22.3 Å². The van der Waals surface area contributed by atoms with E-state index in [1.807, 2.05) is 0 Å². The third-order valence-electron chi connectivity index (χ3n) is 1.47. The lowest BCUT2D eigenvalue weighted by atomic mass is 10.3. The van der Waals surface area contributed by atoms with Gasteiger partial charge in [0.1, 0.15) is 8.47 Å². The lowest BCUT2D eigenvalue weighted by Crippen LogP contribution is -2.00. The van der Waals surface area contributed by atoms with E-state index in [-0.39, 0.29) is 14.3 Å². The van der Waals surface area contributed by atoms with Crippen LogP contribution < -0.4 is 0 Å². The maximum atomic E-state index is 11.1. The lowest BCUT2D eigenvalue weighted by molar-refractivity contribution is -0.386. The highest BCUT2D eigenvalue weighted by Gasteiger charge is 2.25. The van der Waals surface area contributed by atoms with Gasteiger partial charge < -0.3 is 0 Å². The molecule has 0 N–H and O–H groups in total. The molecule has 15 heavy (non-hydrogen) atoms. The third-order valence-corrected chi connectivity index (χ3v) is 4.73. The fraction of sp³-hybridized carbons (Fsp3) is 0. The molecule has 0 amide bonds. The van der Waals surface area contributed by atoms with Crippen LogP contribution in [0.2, 0.25) is 5.02 Å². The smallest absolute Gasteiger partial charge is 0.258 e. The predicted molar refractivity (Wildman–Crippen MR) is 63.9 cm³/mol. The molecule has 0 bridgehead atoms. The van der Waals surface area contributed by atoms with Crippen molar-refractivity contribution in [3.63, 3.8) is 0 Å². The van der Waals surface area contributed by atoms with Gasteiger partial charge in [0, 0.05) is 16.7 Å². The zero-order valence-electron chi connectivity index (χ0n) is 6.78. The summed E-state index contributed by atoms with van der Waals surface area (Å²) in [5.41, 5.74) is -0.348. The molecule has 0 aromatic heterocycles. The minimum Gasteiger partial charge on any atom is -0.258 e. The minimum atomic E-state index is -4.09. The molecule has 0 radical (unpaired) electrons. The van der Waals surface area contributed by atoms with Crippen molar-refractivity contribution in [3.8, 4) is 0 Å². The first-order valence-electron chi connectivity index (χ1n) is 3.32. The second-order valence-electron chi connectivity index (χ2n) is 2.40. The van der Waals surface area contributed by atoms with Crippen molar-refractivity contribution in [2.24, 2.45) is 0 Å². The Morgan fingerprint density at radius 3 is 2.33 bits per heavy atom. The Morgan fingerprint density at radius 2 is 1.93 bits per heavy atom. The first kappa shape index (κ1) is 12.9. The zero-order chi connectivity index (χ0) is 11.8. The van der Waals surface area contributed by atoms with Crippen LogP contribution in [0, 0.1) is 13.7 Å². The molecule has 0 aliphatic carbocycles. The maximum absolute atomic E-state index is 11.1. The molecular formula is C6H2Cl2INO4S. The molecule has 0 fully saturated rings. The molecule has 0 spiro atoms. The molecule has 0 heterocycles. The topological polar surface area (TPSA) is 77.3 Å². The van der Waals surface area contributed by atoms with Crippen LogP contribution in [0.15, 0.2) is 17.0 Å². The Morgan fingerprint density at radius 1 is 1.40 bits per heavy atom. The molecule has 0 unspecified atom stereocenters. The van der Waals surface area contributed by atoms with Gasteiger partial charge in [-0.1, -0.05) is 11.6 Å². The van der Waals surface area contributed by atoms with Crippen molar-refractivity contribution >= 4 is 59.6 Å². The molecule has 0 atom stereocenters. The van der Waals surface area contributed by atoms with Gasteiger partial charge in [0.05, 0.1) is 9.95 Å². The standard InChI is InChI=1S/C6H2Cl2INO4S/c7-3-1-2-4(10(11)12)5(9)6(3)15(8,13)14/h1-2H. The Labute approximate surface area is 108 Å². The number of hydrogen-bond donors (Lipinski definition) is 0. The van der Waals surface area contributed by atoms with Crippen LogP contribution >= 0.6 is 44.9 Å². The van der Waals surface area contributed by atoms with Crippen LogP contribution in [0.25, 0.3) is 0 Å². The number of halogens is 3. The summed E-state index contributed by atoms with van der Waals surface area (Å²) in [5, 5.41) is 10.4. The fourth-order valence-electron chi connectivity index (χ4n) is 0.887. The fourth-order valence-corrected chi connectivity index (χ4v) is 4.65. The van der Waals surface area contributed by atoms with Crippen LogP contribution in [0.5, 0.6) is 0 Å². The van der Waals surface area contributed by atoms with Crippen molar-refractivity contribution < 1.29 is 13.3 Å². The van der Waals surface area contributed by atoms with Gasteiger partial charge in [-0.3, -0.25) is 10.1 Å². The summed E-state index contributed by atoms with van der Waals surface area (Å²) in [5.74, 6) is 0. The number of rotatable bonds is 2. The molecule has 5 nitrogen and oxygen atoms in total. The number of nitro benzene ring substituents is 1. The number of benzene rings is 1. The Bertz CT molecular complexity index is 530. The van der Waals surface area contributed by atoms with E-state index >= 15 is 0 Å². The van der Waals surface area contributed by atoms with Crippen molar-refractivity contribution in [1.29, 1.82) is 0 Å². The summed E-state index contributed by atoms with van der Waals surface area (Å²) in [6, 6.07) is 2.24. The van der Waals surface area contributed by atoms with Gasteiger partial charge in [-0.15, -0.1) is 0 Å². The van der Waals surface area contributed by atoms with Crippen LogP contribution in [0.1, 0.15) is 0 Å². The molecule has 0 saturated heterocycles. The van der Waals surface area contributed by atoms with Crippen LogP contribution in [0.4, 0.5) is 5.69 Å². The molecule has 1 aromatic carbocycles. The van der Waals surface area contributed by atoms with E-state index in [1.54, 1.807) is 0 Å². The molecule has 82 valence electrons. The summed E-state index contributed by atoms with van der Waals surface area (Å²) in [6.07, 6.45) is 0. The average molecular weight is 382 g/mol. The Balaban J connectivity index is 3.66. The van der Waals surface area contributed by atoms with Crippen molar-refractivity contribution in [2.75, 3.05) is 0 Å². The van der Waals surface area contributed by atoms with E-state index in [2.05, 4.69) is 0 Å². The summed E-state index contributed by atoms with van der Waals surface area (Å²) < 4.78 is 22.1. The summed E-state index contributed by atoms with van der Waals surface area (Å²) >= 11 is 7.12. The van der Waals surface area contributed by atoms with Crippen LogP contribution in [-0.4, -0.2) is 13.3 Å². The van der Waals surface area contributed by atoms with Crippen molar-refractivity contribution in [2.45, 2.75) is 4.90 Å². The predicted octanol–water partition coefficient (Wildman–Crippen LogP) is 2.78. The highest BCUT2D eigenvalue weighted by Crippen LogP contribution is 2.35. The Kier molecular flexibility index (Phi) is 3.80. The Hall–Kier alpha value is -0.120. The third kappa shape index (κ3) is 2.71. The first-order valence-corrected chi connectivity index (χ1v) is 7.09. The van der Waals surface area contributed by atoms with E-state index < -0.39 is 18.9 Å². The normalized spacial score (nSPS) is 11.4. The molecular weight excluding hydrogens is 380 g/mol. The van der Waals surface area contributed by atoms with E-state index in [1.165, 1.54) is 22.6 Å². The molecule has 1 rings (SSSR count). The zero-order valence-corrected chi connectivity index (χ0v) is 11.3. The van der Waals surface area contributed by atoms with Crippen LogP contribution in [0.3, 0.4) is 0 Å². The maximum Gasteiger partial charge on any atom is 0.284 e. The highest BCUT2D eigenvalue weighted by molar-refractivity contribution is 14.1. The average Bonchev–Trinajstić information content (AvgIpc) is 2.00. The van der Waals surface area contributed by atoms with Gasteiger partial charge in [-0.25, -0.2) is 8.42 Å². The van der Waals surface area contributed by atoms with Gasteiger partial charge in [0.2, 0.25) is 0 Å². The molecule has 0 aliphatic heterocycles. The SMILES string of the molecule is O=[N+]([O-])c1ccc(Cl)c(S(=O)(=O)Cl)c1I. The molecule has 1 aromatic rings. The van der Waals surface area contributed by atoms with Gasteiger partial charge in [-0.2, -0.15) is 0 Å². The lowest BCUT2D eigenvalue weighted by Gasteiger charge is -2.03. The van der Waals surface area contributed by atoms with Crippen molar-refractivity contribution in [1.82, 2.24) is 0 Å². The van der Waals surface area contributed by atoms with Gasteiger partial charge in [0.25, 0.3) is 14.7 Å². The van der Waals surface area contributed by atoms with Gasteiger partial charge >= 0.3 is 0 Å². The second-order valence-corrected chi connectivity index (χ2v) is 6.39. The van der Waals surface area contributed by atoms with Crippen LogP contribution in [-0.2, 0) is 9.05 Å². The quantitative estimate of drug-likeness (QED) is 0.341. The summed E-state index contributed by atoms with van der Waals surface area (Å²) in [6.45, 7) is 0. The minimum absolute atomic E-state index is 0.0971. The number of nitro groups is 1. The van der Waals surface area contributed by atoms with Crippen molar-refractivity contribution in [3.05, 3.63) is 30.8 Å². The number of hydrogen-bond acceptors (Lipinski definition) is 4. The van der Waals surface area contributed by atoms with Gasteiger partial charge in [0.15, 0.2) is 0 Å². The number of nitrogens with zero attached hydrogens (tertiary/aromatic N) is 1. The first-order chi connectivity index (χ1) is 6.75. The van der Waals surface area contributed by atoms with E-state index in [0.717, 1.165) is 12.1 Å². The molecule has 9 heteroatoms. The monoisotopic (exact) mass is 381 g/mol. The largest absolute Gasteiger partial charge is 0.284 e. The summed E-state index contributed by atoms with van der Waals surface area (Å²) in [4.78, 5) is 9.40. The van der Waals surface area contributed by atoms with Gasteiger partial charge in [-0.05, 0) is 28.7 Å².